The van der Waals surface area contributed by atoms with Crippen LogP contribution in [0.4, 0.5) is 5.69 Å². The minimum atomic E-state index is -0.225. The van der Waals surface area contributed by atoms with E-state index >= 15 is 0 Å². The molecule has 1 aromatic heterocycles. The van der Waals surface area contributed by atoms with Gasteiger partial charge in [0, 0.05) is 40.1 Å². The van der Waals surface area contributed by atoms with Gasteiger partial charge >= 0.3 is 0 Å². The van der Waals surface area contributed by atoms with Crippen LogP contribution in [0.25, 0.3) is 0 Å². The summed E-state index contributed by atoms with van der Waals surface area (Å²) in [5.74, 6) is 0.436. The minimum absolute atomic E-state index is 0.133. The first kappa shape index (κ1) is 21.2. The van der Waals surface area contributed by atoms with Gasteiger partial charge in [0.25, 0.3) is 5.91 Å². The number of rotatable bonds is 7. The van der Waals surface area contributed by atoms with Crippen molar-refractivity contribution in [2.75, 3.05) is 11.1 Å². The summed E-state index contributed by atoms with van der Waals surface area (Å²) in [6, 6.07) is 12.0. The summed E-state index contributed by atoms with van der Waals surface area (Å²) < 4.78 is 1.84. The van der Waals surface area contributed by atoms with Crippen LogP contribution in [0, 0.1) is 0 Å². The number of benzene rings is 2. The molecular weight excluding hydrogens is 431 g/mol. The molecule has 0 fully saturated rings. The van der Waals surface area contributed by atoms with Gasteiger partial charge in [-0.05, 0) is 30.3 Å². The van der Waals surface area contributed by atoms with E-state index in [0.29, 0.717) is 32.7 Å². The number of hydrogen-bond acceptors (Lipinski definition) is 4. The Morgan fingerprint density at radius 1 is 1.14 bits per heavy atom. The lowest BCUT2D eigenvalue weighted by molar-refractivity contribution is -0.113. The highest BCUT2D eigenvalue weighted by Crippen LogP contribution is 2.25. The molecule has 29 heavy (non-hydrogen) atoms. The Kier molecular flexibility index (Phi) is 7.19. The number of amides is 2. The van der Waals surface area contributed by atoms with Gasteiger partial charge in [0.15, 0.2) is 0 Å². The van der Waals surface area contributed by atoms with Gasteiger partial charge in [-0.1, -0.05) is 35.3 Å². The maximum Gasteiger partial charge on any atom is 0.252 e. The van der Waals surface area contributed by atoms with Crippen LogP contribution in [-0.2, 0) is 18.4 Å². The van der Waals surface area contributed by atoms with Crippen molar-refractivity contribution in [2.24, 2.45) is 7.05 Å². The molecule has 2 aromatic carbocycles. The largest absolute Gasteiger partial charge is 0.345 e. The molecule has 3 aromatic rings. The van der Waals surface area contributed by atoms with Gasteiger partial charge in [0.2, 0.25) is 5.91 Å². The first-order valence-corrected chi connectivity index (χ1v) is 10.4. The van der Waals surface area contributed by atoms with Gasteiger partial charge in [-0.2, -0.15) is 0 Å². The molecule has 0 spiro atoms. The van der Waals surface area contributed by atoms with E-state index in [1.54, 1.807) is 36.5 Å². The monoisotopic (exact) mass is 448 g/mol. The third-order valence-corrected chi connectivity index (χ3v) is 5.47. The molecule has 6 nitrogen and oxygen atoms in total. The molecule has 9 heteroatoms. The van der Waals surface area contributed by atoms with Crippen LogP contribution in [0.15, 0.2) is 59.8 Å². The molecule has 2 amide bonds. The zero-order chi connectivity index (χ0) is 20.8. The second-order valence-corrected chi connectivity index (χ2v) is 8.02. The predicted octanol–water partition coefficient (Wildman–Crippen LogP) is 4.39. The number of imidazole rings is 1. The van der Waals surface area contributed by atoms with E-state index in [9.17, 15) is 9.59 Å². The molecule has 0 saturated heterocycles. The number of aryl methyl sites for hydroxylation is 1. The van der Waals surface area contributed by atoms with Crippen LogP contribution >= 0.6 is 35.0 Å². The molecule has 1 heterocycles. The molecule has 0 unspecified atom stereocenters. The number of nitrogens with zero attached hydrogens (tertiary/aromatic N) is 2. The van der Waals surface area contributed by atoms with Crippen molar-refractivity contribution in [2.45, 2.75) is 11.4 Å². The van der Waals surface area contributed by atoms with Crippen LogP contribution in [-0.4, -0.2) is 27.1 Å². The SMILES string of the molecule is Cn1ccnc1CNC(=O)c1ccccc1SCC(=O)Nc1cc(Cl)cc(Cl)c1. The van der Waals surface area contributed by atoms with Crippen molar-refractivity contribution in [1.29, 1.82) is 0 Å². The van der Waals surface area contributed by atoms with Gasteiger partial charge in [-0.3, -0.25) is 9.59 Å². The van der Waals surface area contributed by atoms with Crippen molar-refractivity contribution < 1.29 is 9.59 Å². The van der Waals surface area contributed by atoms with E-state index in [-0.39, 0.29) is 17.6 Å². The lowest BCUT2D eigenvalue weighted by Gasteiger charge is -2.10. The number of thioether (sulfide) groups is 1. The molecule has 0 atom stereocenters. The van der Waals surface area contributed by atoms with Crippen molar-refractivity contribution in [3.05, 3.63) is 76.3 Å². The Hall–Kier alpha value is -2.48. The van der Waals surface area contributed by atoms with Gasteiger partial charge < -0.3 is 15.2 Å². The highest BCUT2D eigenvalue weighted by Gasteiger charge is 2.14. The lowest BCUT2D eigenvalue weighted by Crippen LogP contribution is -2.25. The fourth-order valence-corrected chi connectivity index (χ4v) is 3.94. The summed E-state index contributed by atoms with van der Waals surface area (Å²) in [5, 5.41) is 6.49. The van der Waals surface area contributed by atoms with E-state index in [1.165, 1.54) is 11.8 Å². The van der Waals surface area contributed by atoms with Crippen LogP contribution in [0.2, 0.25) is 10.0 Å². The third kappa shape index (κ3) is 6.00. The standard InChI is InChI=1S/C20H18Cl2N4O2S/c1-26-7-6-23-18(26)11-24-20(28)16-4-2-3-5-17(16)29-12-19(27)25-15-9-13(21)8-14(22)10-15/h2-10H,11-12H2,1H3,(H,24,28)(H,25,27). The van der Waals surface area contributed by atoms with Crippen LogP contribution in [0.5, 0.6) is 0 Å². The van der Waals surface area contributed by atoms with Gasteiger partial charge in [-0.25, -0.2) is 4.98 Å². The minimum Gasteiger partial charge on any atom is -0.345 e. The maximum absolute atomic E-state index is 12.6. The summed E-state index contributed by atoms with van der Waals surface area (Å²) >= 11 is 13.2. The van der Waals surface area contributed by atoms with Crippen LogP contribution in [0.3, 0.4) is 0 Å². The summed E-state index contributed by atoms with van der Waals surface area (Å²) in [5.41, 5.74) is 1.03. The summed E-state index contributed by atoms with van der Waals surface area (Å²) in [7, 11) is 1.87. The fourth-order valence-electron chi connectivity index (χ4n) is 2.57. The van der Waals surface area contributed by atoms with Crippen molar-refractivity contribution in [3.8, 4) is 0 Å². The first-order chi connectivity index (χ1) is 13.9. The topological polar surface area (TPSA) is 76.0 Å². The normalized spacial score (nSPS) is 10.6. The first-order valence-electron chi connectivity index (χ1n) is 8.64. The van der Waals surface area contributed by atoms with Crippen molar-refractivity contribution in [1.82, 2.24) is 14.9 Å². The summed E-state index contributed by atoms with van der Waals surface area (Å²) in [4.78, 5) is 29.8. The van der Waals surface area contributed by atoms with E-state index in [4.69, 9.17) is 23.2 Å². The Labute approximate surface area is 182 Å². The zero-order valence-electron chi connectivity index (χ0n) is 15.5. The zero-order valence-corrected chi connectivity index (χ0v) is 17.8. The fraction of sp³-hybridized carbons (Fsp3) is 0.150. The van der Waals surface area contributed by atoms with Crippen LogP contribution < -0.4 is 10.6 Å². The Morgan fingerprint density at radius 2 is 1.86 bits per heavy atom. The molecule has 3 rings (SSSR count). The number of carbonyl (C=O) groups is 2. The summed E-state index contributed by atoms with van der Waals surface area (Å²) in [6.07, 6.45) is 3.49. The molecule has 0 aliphatic rings. The van der Waals surface area contributed by atoms with Crippen molar-refractivity contribution >= 4 is 52.5 Å². The van der Waals surface area contributed by atoms with Crippen LogP contribution in [0.1, 0.15) is 16.2 Å². The molecule has 0 bridgehead atoms. The highest BCUT2D eigenvalue weighted by molar-refractivity contribution is 8.00. The number of anilines is 1. The second-order valence-electron chi connectivity index (χ2n) is 6.13. The smallest absolute Gasteiger partial charge is 0.252 e. The molecule has 0 aliphatic heterocycles. The summed E-state index contributed by atoms with van der Waals surface area (Å²) in [6.45, 7) is 0.317. The molecular formula is C20H18Cl2N4O2S. The Morgan fingerprint density at radius 3 is 2.55 bits per heavy atom. The molecule has 0 saturated carbocycles. The quantitative estimate of drug-likeness (QED) is 0.525. The maximum atomic E-state index is 12.6. The lowest BCUT2D eigenvalue weighted by atomic mass is 10.2. The molecule has 2 N–H and O–H groups in total. The van der Waals surface area contributed by atoms with E-state index < -0.39 is 0 Å². The predicted molar refractivity (Wildman–Crippen MR) is 117 cm³/mol. The number of hydrogen-bond donors (Lipinski definition) is 2. The van der Waals surface area contributed by atoms with E-state index in [0.717, 1.165) is 5.82 Å². The number of halogens is 2. The number of aromatic nitrogens is 2. The number of carbonyl (C=O) groups excluding carboxylic acids is 2. The van der Waals surface area contributed by atoms with E-state index in [1.807, 2.05) is 29.9 Å². The van der Waals surface area contributed by atoms with Gasteiger partial charge in [0.1, 0.15) is 5.82 Å². The highest BCUT2D eigenvalue weighted by atomic mass is 35.5. The molecule has 150 valence electrons. The average Bonchev–Trinajstić information content (AvgIpc) is 3.08. The Bertz CT molecular complexity index is 1020. The van der Waals surface area contributed by atoms with Crippen molar-refractivity contribution in [3.63, 3.8) is 0 Å². The molecule has 0 radical (unpaired) electrons. The Balaban J connectivity index is 1.60. The second kappa shape index (κ2) is 9.82. The molecule has 0 aliphatic carbocycles. The number of nitrogens with one attached hydrogen (secondary N) is 2. The average molecular weight is 449 g/mol. The van der Waals surface area contributed by atoms with Gasteiger partial charge in [-0.15, -0.1) is 11.8 Å². The third-order valence-electron chi connectivity index (χ3n) is 3.96. The van der Waals surface area contributed by atoms with Gasteiger partial charge in [0.05, 0.1) is 17.9 Å². The van der Waals surface area contributed by atoms with E-state index in [2.05, 4.69) is 15.6 Å².